The van der Waals surface area contributed by atoms with Gasteiger partial charge in [-0.15, -0.1) is 6.58 Å². The van der Waals surface area contributed by atoms with Gasteiger partial charge >= 0.3 is 5.97 Å². The number of fused-ring (bicyclic) bond motifs is 1. The van der Waals surface area contributed by atoms with Crippen molar-refractivity contribution < 1.29 is 13.9 Å². The fourth-order valence-corrected chi connectivity index (χ4v) is 2.53. The highest BCUT2D eigenvalue weighted by atomic mass is 19.1. The fourth-order valence-electron chi connectivity index (χ4n) is 2.53. The fraction of sp³-hybridized carbons (Fsp3) is 0.353. The summed E-state index contributed by atoms with van der Waals surface area (Å²) in [6.45, 7) is 6.48. The quantitative estimate of drug-likeness (QED) is 0.463. The molecule has 22 heavy (non-hydrogen) atoms. The molecule has 0 amide bonds. The minimum absolute atomic E-state index is 0.342. The van der Waals surface area contributed by atoms with Crippen LogP contribution in [-0.2, 0) is 11.2 Å². The molecule has 0 aliphatic carbocycles. The minimum Gasteiger partial charge on any atom is -0.426 e. The number of carbonyl (C=O) groups excluding carboxylic acids is 1. The van der Waals surface area contributed by atoms with Crippen LogP contribution in [0.2, 0.25) is 0 Å². The zero-order valence-electron chi connectivity index (χ0n) is 12.8. The number of nitrogens with one attached hydrogen (secondary N) is 1. The predicted octanol–water partition coefficient (Wildman–Crippen LogP) is 3.09. The molecule has 1 aromatic heterocycles. The number of benzene rings is 1. The number of hydrogen-bond acceptors (Lipinski definition) is 3. The molecule has 0 fully saturated rings. The molecule has 2 aromatic rings. The van der Waals surface area contributed by atoms with E-state index in [-0.39, 0.29) is 12.6 Å². The second-order valence-corrected chi connectivity index (χ2v) is 5.11. The van der Waals surface area contributed by atoms with Crippen LogP contribution in [0.1, 0.15) is 12.5 Å². The van der Waals surface area contributed by atoms with Gasteiger partial charge < -0.3 is 9.72 Å². The molecular weight excluding hydrogens is 283 g/mol. The van der Waals surface area contributed by atoms with E-state index in [1.807, 2.05) is 23.2 Å². The van der Waals surface area contributed by atoms with E-state index >= 15 is 0 Å². The van der Waals surface area contributed by atoms with Crippen LogP contribution in [0.15, 0.2) is 37.1 Å². The van der Waals surface area contributed by atoms with Gasteiger partial charge in [-0.05, 0) is 24.1 Å². The molecule has 1 heterocycles. The lowest BCUT2D eigenvalue weighted by atomic mass is 10.1. The molecule has 118 valence electrons. The number of ether oxygens (including phenoxy) is 1. The largest absolute Gasteiger partial charge is 0.426 e. The Bertz CT molecular complexity index is 651. The Morgan fingerprint density at radius 1 is 1.45 bits per heavy atom. The molecule has 0 bridgehead atoms. The third kappa shape index (κ3) is 3.95. The van der Waals surface area contributed by atoms with Crippen molar-refractivity contribution >= 4 is 16.9 Å². The van der Waals surface area contributed by atoms with E-state index in [0.29, 0.717) is 18.8 Å². The zero-order valence-corrected chi connectivity index (χ0v) is 12.8. The van der Waals surface area contributed by atoms with Crippen LogP contribution in [0.3, 0.4) is 0 Å². The van der Waals surface area contributed by atoms with Gasteiger partial charge in [-0.2, -0.15) is 0 Å². The smallest absolute Gasteiger partial charge is 0.308 e. The third-order valence-electron chi connectivity index (χ3n) is 3.49. The van der Waals surface area contributed by atoms with Crippen molar-refractivity contribution in [1.29, 1.82) is 0 Å². The molecule has 0 radical (unpaired) electrons. The van der Waals surface area contributed by atoms with E-state index < -0.39 is 0 Å². The third-order valence-corrected chi connectivity index (χ3v) is 3.49. The van der Waals surface area contributed by atoms with Crippen molar-refractivity contribution in [1.82, 2.24) is 9.88 Å². The van der Waals surface area contributed by atoms with Crippen LogP contribution >= 0.6 is 0 Å². The summed E-state index contributed by atoms with van der Waals surface area (Å²) in [4.78, 5) is 16.4. The van der Waals surface area contributed by atoms with Gasteiger partial charge in [-0.1, -0.05) is 12.1 Å². The van der Waals surface area contributed by atoms with Gasteiger partial charge in [0.2, 0.25) is 0 Å². The highest BCUT2D eigenvalue weighted by Crippen LogP contribution is 2.29. The summed E-state index contributed by atoms with van der Waals surface area (Å²) >= 11 is 0. The Morgan fingerprint density at radius 2 is 2.27 bits per heavy atom. The summed E-state index contributed by atoms with van der Waals surface area (Å²) in [5, 5.41) is 0.913. The maximum absolute atomic E-state index is 12.6. The number of nitrogens with zero attached hydrogens (tertiary/aromatic N) is 1. The van der Waals surface area contributed by atoms with Crippen molar-refractivity contribution in [3.05, 3.63) is 42.6 Å². The van der Waals surface area contributed by atoms with E-state index in [9.17, 15) is 9.18 Å². The summed E-state index contributed by atoms with van der Waals surface area (Å²) in [7, 11) is 0. The number of hydrogen-bond donors (Lipinski definition) is 1. The van der Waals surface area contributed by atoms with Crippen molar-refractivity contribution in [3.8, 4) is 5.75 Å². The molecule has 1 aromatic carbocycles. The number of rotatable bonds is 8. The first-order valence-corrected chi connectivity index (χ1v) is 7.32. The van der Waals surface area contributed by atoms with Crippen molar-refractivity contribution in [3.63, 3.8) is 0 Å². The van der Waals surface area contributed by atoms with Crippen LogP contribution in [-0.4, -0.2) is 42.2 Å². The van der Waals surface area contributed by atoms with Crippen LogP contribution in [0.25, 0.3) is 10.9 Å². The first-order chi connectivity index (χ1) is 10.7. The molecule has 0 unspecified atom stereocenters. The lowest BCUT2D eigenvalue weighted by Gasteiger charge is -2.18. The first kappa shape index (κ1) is 16.2. The van der Waals surface area contributed by atoms with Crippen molar-refractivity contribution in [2.24, 2.45) is 0 Å². The molecular formula is C17H21FN2O2. The van der Waals surface area contributed by atoms with Crippen molar-refractivity contribution in [2.45, 2.75) is 13.3 Å². The van der Waals surface area contributed by atoms with Gasteiger partial charge in [0.15, 0.2) is 0 Å². The first-order valence-electron chi connectivity index (χ1n) is 7.32. The molecule has 0 saturated carbocycles. The molecule has 0 saturated heterocycles. The molecule has 0 aliphatic rings. The lowest BCUT2D eigenvalue weighted by molar-refractivity contribution is -0.131. The average Bonchev–Trinajstić information content (AvgIpc) is 2.89. The molecule has 1 N–H and O–H groups in total. The van der Waals surface area contributed by atoms with Crippen molar-refractivity contribution in [2.75, 3.05) is 26.3 Å². The summed E-state index contributed by atoms with van der Waals surface area (Å²) in [6, 6.07) is 5.56. The van der Waals surface area contributed by atoms with Gasteiger partial charge in [-0.25, -0.2) is 4.39 Å². The second-order valence-electron chi connectivity index (χ2n) is 5.11. The Hall–Kier alpha value is -2.14. The Labute approximate surface area is 129 Å². The molecule has 0 aliphatic heterocycles. The normalized spacial score (nSPS) is 11.0. The van der Waals surface area contributed by atoms with E-state index in [1.165, 1.54) is 6.92 Å². The molecule has 2 rings (SSSR count). The van der Waals surface area contributed by atoms with Gasteiger partial charge in [0, 0.05) is 43.7 Å². The zero-order chi connectivity index (χ0) is 15.9. The number of carbonyl (C=O) groups is 1. The highest BCUT2D eigenvalue weighted by molar-refractivity contribution is 5.91. The maximum Gasteiger partial charge on any atom is 0.308 e. The average molecular weight is 304 g/mol. The minimum atomic E-state index is -0.375. The Morgan fingerprint density at radius 3 is 2.95 bits per heavy atom. The molecule has 0 spiro atoms. The van der Waals surface area contributed by atoms with Gasteiger partial charge in [-0.3, -0.25) is 9.69 Å². The number of halogens is 1. The van der Waals surface area contributed by atoms with E-state index in [0.717, 1.165) is 29.4 Å². The summed E-state index contributed by atoms with van der Waals surface area (Å²) in [6.07, 6.45) is 4.43. The van der Waals surface area contributed by atoms with Crippen LogP contribution in [0.5, 0.6) is 5.75 Å². The highest BCUT2D eigenvalue weighted by Gasteiger charge is 2.12. The number of esters is 1. The van der Waals surface area contributed by atoms with Gasteiger partial charge in [0.05, 0.1) is 0 Å². The number of alkyl halides is 1. The number of aromatic amines is 1. The topological polar surface area (TPSA) is 45.3 Å². The van der Waals surface area contributed by atoms with Crippen LogP contribution < -0.4 is 4.74 Å². The Balaban J connectivity index is 2.20. The van der Waals surface area contributed by atoms with E-state index in [1.54, 1.807) is 12.1 Å². The van der Waals surface area contributed by atoms with Gasteiger partial charge in [0.1, 0.15) is 12.4 Å². The van der Waals surface area contributed by atoms with Gasteiger partial charge in [0.25, 0.3) is 0 Å². The molecule has 4 nitrogen and oxygen atoms in total. The van der Waals surface area contributed by atoms with E-state index in [4.69, 9.17) is 4.74 Å². The maximum atomic E-state index is 12.6. The van der Waals surface area contributed by atoms with Crippen LogP contribution in [0, 0.1) is 0 Å². The predicted molar refractivity (Wildman–Crippen MR) is 85.9 cm³/mol. The second kappa shape index (κ2) is 7.75. The summed E-state index contributed by atoms with van der Waals surface area (Å²) in [5.41, 5.74) is 1.98. The van der Waals surface area contributed by atoms with Crippen LogP contribution in [0.4, 0.5) is 4.39 Å². The monoisotopic (exact) mass is 304 g/mol. The summed E-state index contributed by atoms with van der Waals surface area (Å²) in [5.74, 6) is 0.215. The Kier molecular flexibility index (Phi) is 5.72. The van der Waals surface area contributed by atoms with E-state index in [2.05, 4.69) is 11.6 Å². The standard InChI is InChI=1S/C17H21FN2O2/c1-3-9-20(11-8-18)10-7-14-12-19-15-5-4-6-16(17(14)15)22-13(2)21/h3-6,12,19H,1,7-11H2,2H3. The number of H-pyrrole nitrogens is 1. The molecule has 5 heteroatoms. The lowest BCUT2D eigenvalue weighted by Crippen LogP contribution is -2.28. The number of aromatic nitrogens is 1. The SMILES string of the molecule is C=CCN(CCF)CCc1c[nH]c2cccc(OC(C)=O)c12. The molecule has 0 atom stereocenters. The summed E-state index contributed by atoms with van der Waals surface area (Å²) < 4.78 is 17.8.